The van der Waals surface area contributed by atoms with Crippen LogP contribution in [0.1, 0.15) is 5.56 Å². The van der Waals surface area contributed by atoms with Crippen molar-refractivity contribution in [2.75, 3.05) is 31.2 Å². The normalized spacial score (nSPS) is 15.5. The SMILES string of the molecule is O=S(=O)(NCc1ccccc1N1CCOCC1)c1ccc(Cl)cc1. The predicted octanol–water partition coefficient (Wildman–Crippen LogP) is 2.66. The highest BCUT2D eigenvalue weighted by Crippen LogP contribution is 2.22. The highest BCUT2D eigenvalue weighted by atomic mass is 35.5. The highest BCUT2D eigenvalue weighted by molar-refractivity contribution is 7.89. The standard InChI is InChI=1S/C17H19ClN2O3S/c18-15-5-7-16(8-6-15)24(21,22)19-13-14-3-1-2-4-17(14)20-9-11-23-12-10-20/h1-8,19H,9-13H2. The zero-order chi connectivity index (χ0) is 17.0. The summed E-state index contributed by atoms with van der Waals surface area (Å²) < 4.78 is 32.9. The Bertz CT molecular complexity index is 788. The Labute approximate surface area is 147 Å². The van der Waals surface area contributed by atoms with Gasteiger partial charge in [0.1, 0.15) is 0 Å². The van der Waals surface area contributed by atoms with E-state index in [2.05, 4.69) is 9.62 Å². The lowest BCUT2D eigenvalue weighted by Gasteiger charge is -2.30. The Morgan fingerprint density at radius 1 is 1.04 bits per heavy atom. The molecule has 3 rings (SSSR count). The largest absolute Gasteiger partial charge is 0.378 e. The van der Waals surface area contributed by atoms with Gasteiger partial charge in [0.2, 0.25) is 10.0 Å². The molecule has 0 saturated carbocycles. The molecule has 0 aromatic heterocycles. The summed E-state index contributed by atoms with van der Waals surface area (Å²) in [6, 6.07) is 14.0. The van der Waals surface area contributed by atoms with Crippen LogP contribution in [-0.2, 0) is 21.3 Å². The van der Waals surface area contributed by atoms with E-state index < -0.39 is 10.0 Å². The number of morpholine rings is 1. The van der Waals surface area contributed by atoms with E-state index in [9.17, 15) is 8.42 Å². The first-order valence-electron chi connectivity index (χ1n) is 7.72. The molecule has 0 atom stereocenters. The number of ether oxygens (including phenoxy) is 1. The van der Waals surface area contributed by atoms with Gasteiger partial charge in [-0.1, -0.05) is 29.8 Å². The van der Waals surface area contributed by atoms with Crippen LogP contribution in [0, 0.1) is 0 Å². The molecule has 1 fully saturated rings. The molecule has 1 aliphatic heterocycles. The molecule has 2 aromatic rings. The lowest BCUT2D eigenvalue weighted by atomic mass is 10.1. The van der Waals surface area contributed by atoms with Gasteiger partial charge in [-0.2, -0.15) is 0 Å². The number of nitrogens with one attached hydrogen (secondary N) is 1. The first kappa shape index (κ1) is 17.2. The van der Waals surface area contributed by atoms with Crippen LogP contribution < -0.4 is 9.62 Å². The Morgan fingerprint density at radius 2 is 1.71 bits per heavy atom. The molecule has 24 heavy (non-hydrogen) atoms. The number of hydrogen-bond donors (Lipinski definition) is 1. The summed E-state index contributed by atoms with van der Waals surface area (Å²) in [6.07, 6.45) is 0. The van der Waals surface area contributed by atoms with Crippen molar-refractivity contribution in [1.82, 2.24) is 4.72 Å². The number of rotatable bonds is 5. The van der Waals surface area contributed by atoms with Gasteiger partial charge in [0.05, 0.1) is 18.1 Å². The third-order valence-corrected chi connectivity index (χ3v) is 5.59. The van der Waals surface area contributed by atoms with Crippen molar-refractivity contribution in [3.63, 3.8) is 0 Å². The quantitative estimate of drug-likeness (QED) is 0.883. The van der Waals surface area contributed by atoms with Crippen LogP contribution in [0.4, 0.5) is 5.69 Å². The summed E-state index contributed by atoms with van der Waals surface area (Å²) in [5.74, 6) is 0. The lowest BCUT2D eigenvalue weighted by Crippen LogP contribution is -2.37. The minimum atomic E-state index is -3.57. The van der Waals surface area contributed by atoms with Crippen molar-refractivity contribution in [3.8, 4) is 0 Å². The van der Waals surface area contributed by atoms with E-state index in [1.54, 1.807) is 12.1 Å². The number of anilines is 1. The average molecular weight is 367 g/mol. The Kier molecular flexibility index (Phi) is 5.40. The second-order valence-corrected chi connectivity index (χ2v) is 7.71. The maximum atomic E-state index is 12.4. The molecule has 0 bridgehead atoms. The molecule has 0 aliphatic carbocycles. The Hall–Kier alpha value is -1.60. The number of para-hydroxylation sites is 1. The zero-order valence-corrected chi connectivity index (χ0v) is 14.7. The van der Waals surface area contributed by atoms with Gasteiger partial charge in [0.25, 0.3) is 0 Å². The van der Waals surface area contributed by atoms with E-state index in [1.807, 2.05) is 24.3 Å². The zero-order valence-electron chi connectivity index (χ0n) is 13.1. The summed E-state index contributed by atoms with van der Waals surface area (Å²) in [6.45, 7) is 3.22. The van der Waals surface area contributed by atoms with Crippen molar-refractivity contribution in [2.45, 2.75) is 11.4 Å². The van der Waals surface area contributed by atoms with Crippen LogP contribution in [0.15, 0.2) is 53.4 Å². The van der Waals surface area contributed by atoms with E-state index in [0.29, 0.717) is 18.2 Å². The van der Waals surface area contributed by atoms with Crippen LogP contribution in [-0.4, -0.2) is 34.7 Å². The summed E-state index contributed by atoms with van der Waals surface area (Å²) in [5.41, 5.74) is 1.98. The number of halogens is 1. The smallest absolute Gasteiger partial charge is 0.240 e. The molecule has 0 amide bonds. The number of hydrogen-bond acceptors (Lipinski definition) is 4. The Balaban J connectivity index is 1.75. The van der Waals surface area contributed by atoms with Crippen LogP contribution in [0.3, 0.4) is 0 Å². The summed E-state index contributed by atoms with van der Waals surface area (Å²) in [4.78, 5) is 2.42. The fourth-order valence-corrected chi connectivity index (χ4v) is 3.78. The van der Waals surface area contributed by atoms with Gasteiger partial charge in [0, 0.05) is 30.3 Å². The lowest BCUT2D eigenvalue weighted by molar-refractivity contribution is 0.122. The van der Waals surface area contributed by atoms with Gasteiger partial charge in [-0.25, -0.2) is 13.1 Å². The van der Waals surface area contributed by atoms with Crippen molar-refractivity contribution in [2.24, 2.45) is 0 Å². The van der Waals surface area contributed by atoms with Gasteiger partial charge < -0.3 is 9.64 Å². The van der Waals surface area contributed by atoms with E-state index in [4.69, 9.17) is 16.3 Å². The third-order valence-electron chi connectivity index (χ3n) is 3.92. The number of nitrogens with zero attached hydrogens (tertiary/aromatic N) is 1. The first-order valence-corrected chi connectivity index (χ1v) is 9.58. The number of benzene rings is 2. The van der Waals surface area contributed by atoms with Crippen molar-refractivity contribution in [3.05, 3.63) is 59.1 Å². The van der Waals surface area contributed by atoms with Gasteiger partial charge in [-0.15, -0.1) is 0 Å². The fourth-order valence-electron chi connectivity index (χ4n) is 2.64. The maximum absolute atomic E-state index is 12.4. The van der Waals surface area contributed by atoms with Gasteiger partial charge in [-0.3, -0.25) is 0 Å². The van der Waals surface area contributed by atoms with Crippen LogP contribution in [0.2, 0.25) is 5.02 Å². The van der Waals surface area contributed by atoms with E-state index in [0.717, 1.165) is 24.3 Å². The highest BCUT2D eigenvalue weighted by Gasteiger charge is 2.17. The number of sulfonamides is 1. The molecule has 1 N–H and O–H groups in total. The molecule has 0 radical (unpaired) electrons. The summed E-state index contributed by atoms with van der Waals surface area (Å²) in [7, 11) is -3.57. The van der Waals surface area contributed by atoms with E-state index in [-0.39, 0.29) is 11.4 Å². The molecule has 2 aromatic carbocycles. The topological polar surface area (TPSA) is 58.6 Å². The van der Waals surface area contributed by atoms with Crippen molar-refractivity contribution >= 4 is 27.3 Å². The molecule has 1 heterocycles. The molecule has 0 spiro atoms. The van der Waals surface area contributed by atoms with E-state index >= 15 is 0 Å². The van der Waals surface area contributed by atoms with Gasteiger partial charge >= 0.3 is 0 Å². The maximum Gasteiger partial charge on any atom is 0.240 e. The summed E-state index contributed by atoms with van der Waals surface area (Å²) in [5, 5.41) is 0.506. The van der Waals surface area contributed by atoms with Gasteiger partial charge in [0.15, 0.2) is 0 Å². The fraction of sp³-hybridized carbons (Fsp3) is 0.294. The molecule has 5 nitrogen and oxygen atoms in total. The molecule has 1 aliphatic rings. The van der Waals surface area contributed by atoms with Crippen LogP contribution in [0.25, 0.3) is 0 Å². The van der Waals surface area contributed by atoms with E-state index in [1.165, 1.54) is 12.1 Å². The molecule has 1 saturated heterocycles. The van der Waals surface area contributed by atoms with Crippen LogP contribution >= 0.6 is 11.6 Å². The van der Waals surface area contributed by atoms with Crippen molar-refractivity contribution < 1.29 is 13.2 Å². The monoisotopic (exact) mass is 366 g/mol. The summed E-state index contributed by atoms with van der Waals surface area (Å²) >= 11 is 5.81. The minimum absolute atomic E-state index is 0.204. The van der Waals surface area contributed by atoms with Crippen molar-refractivity contribution in [1.29, 1.82) is 0 Å². The third kappa shape index (κ3) is 4.08. The molecule has 7 heteroatoms. The molecule has 128 valence electrons. The van der Waals surface area contributed by atoms with Crippen LogP contribution in [0.5, 0.6) is 0 Å². The molecule has 0 unspecified atom stereocenters. The Morgan fingerprint density at radius 3 is 2.42 bits per heavy atom. The second kappa shape index (κ2) is 7.53. The average Bonchev–Trinajstić information content (AvgIpc) is 2.61. The molecular weight excluding hydrogens is 348 g/mol. The van der Waals surface area contributed by atoms with Gasteiger partial charge in [-0.05, 0) is 35.9 Å². The second-order valence-electron chi connectivity index (χ2n) is 5.51. The minimum Gasteiger partial charge on any atom is -0.378 e. The first-order chi connectivity index (χ1) is 11.6. The molecular formula is C17H19ClN2O3S. The predicted molar refractivity (Wildman–Crippen MR) is 95.0 cm³/mol.